The van der Waals surface area contributed by atoms with E-state index in [-0.39, 0.29) is 0 Å². The molecule has 0 radical (unpaired) electrons. The lowest BCUT2D eigenvalue weighted by Crippen LogP contribution is -2.17. The Hall–Kier alpha value is -2.99. The molecule has 0 amide bonds. The number of anilines is 1. The molecule has 0 N–H and O–H groups in total. The van der Waals surface area contributed by atoms with Crippen LogP contribution in [0, 0.1) is 0 Å². The third-order valence-electron chi connectivity index (χ3n) is 4.46. The first-order chi connectivity index (χ1) is 13.7. The Morgan fingerprint density at radius 2 is 1.96 bits per heavy atom. The maximum Gasteiger partial charge on any atom is 0.219 e. The van der Waals surface area contributed by atoms with Crippen LogP contribution in [0.25, 0.3) is 0 Å². The molecular weight excluding hydrogens is 418 g/mol. The molecule has 2 aromatic carbocycles. The van der Waals surface area contributed by atoms with Gasteiger partial charge in [-0.1, -0.05) is 24.3 Å². The Morgan fingerprint density at radius 1 is 1.11 bits per heavy atom. The van der Waals surface area contributed by atoms with Gasteiger partial charge in [-0.05, 0) is 51.8 Å². The number of rotatable bonds is 6. The van der Waals surface area contributed by atoms with Crippen molar-refractivity contribution in [1.82, 2.24) is 9.55 Å². The summed E-state index contributed by atoms with van der Waals surface area (Å²) in [5.74, 6) is 2.10. The average molecular weight is 438 g/mol. The number of ether oxygens (including phenoxy) is 2. The lowest BCUT2D eigenvalue weighted by Gasteiger charge is -2.20. The van der Waals surface area contributed by atoms with Crippen molar-refractivity contribution < 1.29 is 9.47 Å². The Labute approximate surface area is 172 Å². The van der Waals surface area contributed by atoms with E-state index in [0.29, 0.717) is 18.2 Å². The second kappa shape index (κ2) is 8.35. The highest BCUT2D eigenvalue weighted by atomic mass is 79.9. The first-order valence-electron chi connectivity index (χ1n) is 8.93. The van der Waals surface area contributed by atoms with Crippen molar-refractivity contribution in [3.05, 3.63) is 89.5 Å². The first-order valence-corrected chi connectivity index (χ1v) is 9.72. The molecule has 1 aliphatic rings. The fourth-order valence-electron chi connectivity index (χ4n) is 2.99. The van der Waals surface area contributed by atoms with E-state index in [4.69, 9.17) is 9.47 Å². The molecule has 2 heterocycles. The highest BCUT2D eigenvalue weighted by Crippen LogP contribution is 2.31. The zero-order chi connectivity index (χ0) is 19.3. The van der Waals surface area contributed by atoms with Gasteiger partial charge < -0.3 is 14.4 Å². The predicted octanol–water partition coefficient (Wildman–Crippen LogP) is 5.38. The zero-order valence-corrected chi connectivity index (χ0v) is 17.0. The van der Waals surface area contributed by atoms with Gasteiger partial charge in [-0.2, -0.15) is 0 Å². The Morgan fingerprint density at radius 3 is 2.71 bits per heavy atom. The topological polar surface area (TPSA) is 39.5 Å². The monoisotopic (exact) mass is 437 g/mol. The third-order valence-corrected chi connectivity index (χ3v) is 5.11. The van der Waals surface area contributed by atoms with Gasteiger partial charge in [0, 0.05) is 24.5 Å². The maximum absolute atomic E-state index is 6.01. The van der Waals surface area contributed by atoms with E-state index >= 15 is 0 Å². The SMILES string of the molecule is COc1cc(Oc2cncn2Cc2ccc(N3C=CC=CC3)cc2)ccc1Br. The average Bonchev–Trinajstić information content (AvgIpc) is 3.17. The largest absolute Gasteiger partial charge is 0.495 e. The molecule has 142 valence electrons. The van der Waals surface area contributed by atoms with Gasteiger partial charge in [-0.25, -0.2) is 4.98 Å². The van der Waals surface area contributed by atoms with E-state index in [0.717, 1.165) is 16.8 Å². The molecule has 0 unspecified atom stereocenters. The van der Waals surface area contributed by atoms with E-state index in [1.165, 1.54) is 11.3 Å². The van der Waals surface area contributed by atoms with Gasteiger partial charge in [0.05, 0.1) is 30.7 Å². The summed E-state index contributed by atoms with van der Waals surface area (Å²) in [6.45, 7) is 1.57. The van der Waals surface area contributed by atoms with E-state index in [2.05, 4.69) is 68.4 Å². The number of nitrogens with zero attached hydrogens (tertiary/aromatic N) is 3. The fraction of sp³-hybridized carbons (Fsp3) is 0.136. The number of hydrogen-bond acceptors (Lipinski definition) is 4. The molecule has 0 saturated carbocycles. The quantitative estimate of drug-likeness (QED) is 0.518. The van der Waals surface area contributed by atoms with Gasteiger partial charge in [0.1, 0.15) is 11.5 Å². The molecule has 6 heteroatoms. The van der Waals surface area contributed by atoms with Gasteiger partial charge in [-0.3, -0.25) is 4.57 Å². The van der Waals surface area contributed by atoms with E-state index in [1.54, 1.807) is 19.6 Å². The van der Waals surface area contributed by atoms with Crippen molar-refractivity contribution in [3.8, 4) is 17.4 Å². The molecule has 0 saturated heterocycles. The molecule has 0 atom stereocenters. The second-order valence-corrected chi connectivity index (χ2v) is 7.20. The van der Waals surface area contributed by atoms with Crippen LogP contribution in [-0.4, -0.2) is 23.2 Å². The summed E-state index contributed by atoms with van der Waals surface area (Å²) in [5, 5.41) is 0. The summed E-state index contributed by atoms with van der Waals surface area (Å²) in [6, 6.07) is 14.2. The minimum atomic E-state index is 0.678. The highest BCUT2D eigenvalue weighted by molar-refractivity contribution is 9.10. The number of benzene rings is 2. The van der Waals surface area contributed by atoms with Crippen LogP contribution in [0.4, 0.5) is 5.69 Å². The van der Waals surface area contributed by atoms with Crippen molar-refractivity contribution >= 4 is 21.6 Å². The van der Waals surface area contributed by atoms with Crippen molar-refractivity contribution in [2.45, 2.75) is 6.54 Å². The second-order valence-electron chi connectivity index (χ2n) is 6.35. The van der Waals surface area contributed by atoms with Gasteiger partial charge >= 0.3 is 0 Å². The van der Waals surface area contributed by atoms with Crippen molar-refractivity contribution in [2.75, 3.05) is 18.6 Å². The molecule has 5 nitrogen and oxygen atoms in total. The van der Waals surface area contributed by atoms with Gasteiger partial charge in [0.2, 0.25) is 5.88 Å². The van der Waals surface area contributed by atoms with Crippen LogP contribution < -0.4 is 14.4 Å². The van der Waals surface area contributed by atoms with Crippen LogP contribution in [0.3, 0.4) is 0 Å². The molecular formula is C22H20BrN3O2. The summed E-state index contributed by atoms with van der Waals surface area (Å²) >= 11 is 3.45. The van der Waals surface area contributed by atoms with E-state index < -0.39 is 0 Å². The van der Waals surface area contributed by atoms with Crippen LogP contribution in [0.5, 0.6) is 17.4 Å². The van der Waals surface area contributed by atoms with Crippen LogP contribution in [0.1, 0.15) is 5.56 Å². The summed E-state index contributed by atoms with van der Waals surface area (Å²) in [5.41, 5.74) is 2.35. The molecule has 0 spiro atoms. The molecule has 0 aliphatic carbocycles. The van der Waals surface area contributed by atoms with Crippen molar-refractivity contribution in [3.63, 3.8) is 0 Å². The Kier molecular flexibility index (Phi) is 5.48. The first kappa shape index (κ1) is 18.4. The van der Waals surface area contributed by atoms with Crippen LogP contribution in [0.2, 0.25) is 0 Å². The molecule has 0 fully saturated rings. The van der Waals surface area contributed by atoms with Crippen LogP contribution in [0.15, 0.2) is 83.9 Å². The standard InChI is InChI=1S/C22H20BrN3O2/c1-27-21-13-19(9-10-20(21)23)28-22-14-24-16-26(22)15-17-5-7-18(8-6-17)25-11-3-2-4-12-25/h2-11,13-14,16H,12,15H2,1H3. The van der Waals surface area contributed by atoms with Gasteiger partial charge in [0.15, 0.2) is 0 Å². The Balaban J connectivity index is 1.47. The lowest BCUT2D eigenvalue weighted by atomic mass is 10.2. The Bertz CT molecular complexity index is 1010. The molecule has 1 aromatic heterocycles. The summed E-state index contributed by atoms with van der Waals surface area (Å²) in [6.07, 6.45) is 11.8. The molecule has 0 bridgehead atoms. The lowest BCUT2D eigenvalue weighted by molar-refractivity contribution is 0.401. The fourth-order valence-corrected chi connectivity index (χ4v) is 3.39. The molecule has 4 rings (SSSR count). The maximum atomic E-state index is 6.01. The van der Waals surface area contributed by atoms with Crippen molar-refractivity contribution in [2.24, 2.45) is 0 Å². The van der Waals surface area contributed by atoms with E-state index in [9.17, 15) is 0 Å². The highest BCUT2D eigenvalue weighted by Gasteiger charge is 2.09. The van der Waals surface area contributed by atoms with Gasteiger partial charge in [0.25, 0.3) is 0 Å². The molecule has 28 heavy (non-hydrogen) atoms. The zero-order valence-electron chi connectivity index (χ0n) is 15.5. The van der Waals surface area contributed by atoms with Gasteiger partial charge in [-0.15, -0.1) is 0 Å². The smallest absolute Gasteiger partial charge is 0.219 e. The third kappa shape index (κ3) is 4.12. The summed E-state index contributed by atoms with van der Waals surface area (Å²) in [4.78, 5) is 6.44. The minimum Gasteiger partial charge on any atom is -0.495 e. The number of allylic oxidation sites excluding steroid dienone is 2. The predicted molar refractivity (Wildman–Crippen MR) is 114 cm³/mol. The summed E-state index contributed by atoms with van der Waals surface area (Å²) < 4.78 is 14.2. The number of methoxy groups -OCH3 is 1. The number of imidazole rings is 1. The van der Waals surface area contributed by atoms with E-state index in [1.807, 2.05) is 28.8 Å². The normalized spacial score (nSPS) is 13.0. The van der Waals surface area contributed by atoms with Crippen LogP contribution in [-0.2, 0) is 6.54 Å². The number of hydrogen-bond donors (Lipinski definition) is 0. The number of aromatic nitrogens is 2. The summed E-state index contributed by atoms with van der Waals surface area (Å²) in [7, 11) is 1.63. The molecule has 3 aromatic rings. The van der Waals surface area contributed by atoms with Crippen LogP contribution >= 0.6 is 15.9 Å². The van der Waals surface area contributed by atoms with Crippen molar-refractivity contribution in [1.29, 1.82) is 0 Å². The molecule has 1 aliphatic heterocycles. The number of halogens is 1. The minimum absolute atomic E-state index is 0.678.